The van der Waals surface area contributed by atoms with Crippen LogP contribution in [0.4, 0.5) is 16.2 Å². The van der Waals surface area contributed by atoms with Crippen LogP contribution in [0.25, 0.3) is 0 Å². The van der Waals surface area contributed by atoms with Crippen molar-refractivity contribution >= 4 is 23.2 Å². The Morgan fingerprint density at radius 3 is 2.37 bits per heavy atom. The Hall–Kier alpha value is -5.92. The van der Waals surface area contributed by atoms with Gasteiger partial charge in [-0.3, -0.25) is 25.1 Å². The van der Waals surface area contributed by atoms with E-state index in [-0.39, 0.29) is 94.8 Å². The minimum atomic E-state index is -1.60. The van der Waals surface area contributed by atoms with Crippen molar-refractivity contribution in [3.63, 3.8) is 0 Å². The van der Waals surface area contributed by atoms with Crippen LogP contribution in [0.3, 0.4) is 0 Å². The van der Waals surface area contributed by atoms with Crippen molar-refractivity contribution in [3.05, 3.63) is 122 Å². The van der Waals surface area contributed by atoms with Crippen molar-refractivity contribution in [3.8, 4) is 17.2 Å². The van der Waals surface area contributed by atoms with E-state index in [1.54, 1.807) is 49.4 Å². The van der Waals surface area contributed by atoms with E-state index in [0.29, 0.717) is 61.3 Å². The molecule has 1 fully saturated rings. The maximum atomic E-state index is 14.2. The van der Waals surface area contributed by atoms with Crippen LogP contribution < -0.4 is 9.47 Å². The van der Waals surface area contributed by atoms with Crippen molar-refractivity contribution in [1.82, 2.24) is 4.90 Å². The summed E-state index contributed by atoms with van der Waals surface area (Å²) in [6.07, 6.45) is 7.12. The average Bonchev–Trinajstić information content (AvgIpc) is 3.30. The van der Waals surface area contributed by atoms with Gasteiger partial charge in [-0.15, -0.1) is 6.58 Å². The SMILES string of the molecule is C=CCOC12Oc3ccc(Oc4cccc([N+](=O)[O-])c4)cc3C3C(CCCCO)C(CCCCO)C=C(C(=NOCc4ccc([N+](=O)[O-])cc4)CC1N(CCOCCO)C(=O)OCC)C32. The monoisotopic (exact) mass is 902 g/mol. The van der Waals surface area contributed by atoms with Gasteiger partial charge in [0.25, 0.3) is 11.4 Å². The highest BCUT2D eigenvalue weighted by atomic mass is 16.7. The summed E-state index contributed by atoms with van der Waals surface area (Å²) in [5.74, 6) is -1.75. The van der Waals surface area contributed by atoms with Crippen molar-refractivity contribution < 1.29 is 58.5 Å². The standard InChI is InChI=1S/C47H58N4O14/c1-3-24-62-47-43(49(46(55)61-4-2)20-25-60-26-23-54)30-41(48-63-31-32-14-16-34(17-15-32)50(56)57)39-27-33(10-5-7-21-52)38(13-6-8-22-53)44(45(39)47)40-29-37(18-19-42(40)65-47)64-36-12-9-11-35(28-36)51(58)59/h3,9,11-12,14-19,27-29,33,38,43-45,52-54H,1,4-8,10,13,20-26,30-31H2,2H3. The van der Waals surface area contributed by atoms with Gasteiger partial charge in [0, 0.05) is 55.9 Å². The van der Waals surface area contributed by atoms with E-state index in [9.17, 15) is 40.3 Å². The van der Waals surface area contributed by atoms with E-state index < -0.39 is 39.6 Å². The molecule has 6 unspecified atom stereocenters. The zero-order valence-corrected chi connectivity index (χ0v) is 36.5. The second-order valence-electron chi connectivity index (χ2n) is 16.1. The first-order valence-corrected chi connectivity index (χ1v) is 22.1. The first kappa shape index (κ1) is 48.5. The molecule has 65 heavy (non-hydrogen) atoms. The predicted molar refractivity (Wildman–Crippen MR) is 238 cm³/mol. The van der Waals surface area contributed by atoms with E-state index in [1.807, 2.05) is 6.07 Å². The molecular formula is C47H58N4O14. The number of unbranched alkanes of at least 4 members (excludes halogenated alkanes) is 2. The van der Waals surface area contributed by atoms with Gasteiger partial charge in [0.1, 0.15) is 29.9 Å². The van der Waals surface area contributed by atoms with Crippen LogP contribution in [0.15, 0.2) is 96.2 Å². The Morgan fingerprint density at radius 1 is 0.938 bits per heavy atom. The first-order chi connectivity index (χ1) is 31.6. The molecule has 1 aliphatic heterocycles. The number of nitrogens with zero attached hydrogens (tertiary/aromatic N) is 4. The van der Waals surface area contributed by atoms with Crippen molar-refractivity contribution in [2.75, 3.05) is 52.8 Å². The average molecular weight is 903 g/mol. The van der Waals surface area contributed by atoms with Crippen LogP contribution in [0.5, 0.6) is 17.2 Å². The molecular weight excluding hydrogens is 845 g/mol. The number of rotatable bonds is 25. The Balaban J connectivity index is 1.57. The number of oxime groups is 1. The molecule has 0 bridgehead atoms. The molecule has 0 spiro atoms. The number of fused-ring (bicyclic) bond motifs is 2. The molecule has 2 aliphatic carbocycles. The van der Waals surface area contributed by atoms with Gasteiger partial charge in [-0.2, -0.15) is 0 Å². The van der Waals surface area contributed by atoms with E-state index >= 15 is 0 Å². The number of carbonyl (C=O) groups excluding carboxylic acids is 1. The molecule has 3 aromatic carbocycles. The number of allylic oxidation sites excluding steroid dienone is 1. The molecule has 3 aliphatic rings. The highest BCUT2D eigenvalue weighted by Crippen LogP contribution is 2.62. The van der Waals surface area contributed by atoms with Crippen molar-refractivity contribution in [2.24, 2.45) is 22.9 Å². The molecule has 18 nitrogen and oxygen atoms in total. The van der Waals surface area contributed by atoms with Gasteiger partial charge < -0.3 is 43.8 Å². The lowest BCUT2D eigenvalue weighted by atomic mass is 9.55. The fraction of sp³-hybridized carbons (Fsp3) is 0.489. The van der Waals surface area contributed by atoms with E-state index in [1.165, 1.54) is 29.2 Å². The van der Waals surface area contributed by atoms with Crippen LogP contribution in [-0.2, 0) is 25.7 Å². The number of aliphatic hydroxyl groups excluding tert-OH is 3. The number of hydrogen-bond donors (Lipinski definition) is 3. The zero-order chi connectivity index (χ0) is 46.3. The summed E-state index contributed by atoms with van der Waals surface area (Å²) in [4.78, 5) is 43.8. The third kappa shape index (κ3) is 11.5. The summed E-state index contributed by atoms with van der Waals surface area (Å²) in [5, 5.41) is 57.1. The molecule has 18 heteroatoms. The molecule has 350 valence electrons. The highest BCUT2D eigenvalue weighted by molar-refractivity contribution is 6.03. The van der Waals surface area contributed by atoms with Crippen LogP contribution in [0, 0.1) is 38.0 Å². The summed E-state index contributed by atoms with van der Waals surface area (Å²) >= 11 is 0. The topological polar surface area (TPSA) is 235 Å². The summed E-state index contributed by atoms with van der Waals surface area (Å²) < 4.78 is 31.8. The maximum absolute atomic E-state index is 14.2. The van der Waals surface area contributed by atoms with Crippen LogP contribution >= 0.6 is 0 Å². The predicted octanol–water partition coefficient (Wildman–Crippen LogP) is 7.60. The lowest BCUT2D eigenvalue weighted by Crippen LogP contribution is -2.70. The Bertz CT molecular complexity index is 2170. The van der Waals surface area contributed by atoms with E-state index in [0.717, 1.165) is 11.1 Å². The summed E-state index contributed by atoms with van der Waals surface area (Å²) in [7, 11) is 0. The maximum Gasteiger partial charge on any atom is 0.410 e. The van der Waals surface area contributed by atoms with E-state index in [4.69, 9.17) is 33.7 Å². The lowest BCUT2D eigenvalue weighted by Gasteiger charge is -2.59. The van der Waals surface area contributed by atoms with Crippen molar-refractivity contribution in [1.29, 1.82) is 0 Å². The quantitative estimate of drug-likeness (QED) is 0.0322. The Morgan fingerprint density at radius 2 is 1.68 bits per heavy atom. The minimum absolute atomic E-state index is 0.00218. The molecule has 6 rings (SSSR count). The number of aliphatic hydroxyl groups is 3. The fourth-order valence-corrected chi connectivity index (χ4v) is 9.32. The van der Waals surface area contributed by atoms with Gasteiger partial charge in [0.2, 0.25) is 5.79 Å². The van der Waals surface area contributed by atoms with Gasteiger partial charge in [-0.1, -0.05) is 36.2 Å². The van der Waals surface area contributed by atoms with Crippen LogP contribution in [-0.4, -0.2) is 106 Å². The molecule has 3 N–H and O–H groups in total. The number of nitro benzene ring substituents is 2. The largest absolute Gasteiger partial charge is 0.459 e. The Kier molecular flexibility index (Phi) is 17.4. The van der Waals surface area contributed by atoms with Crippen LogP contribution in [0.1, 0.15) is 68.9 Å². The second-order valence-corrected chi connectivity index (χ2v) is 16.1. The molecule has 6 atom stereocenters. The molecule has 1 saturated carbocycles. The normalized spacial score (nSPS) is 22.4. The van der Waals surface area contributed by atoms with Gasteiger partial charge in [0.15, 0.2) is 0 Å². The lowest BCUT2D eigenvalue weighted by molar-refractivity contribution is -0.385. The fourth-order valence-electron chi connectivity index (χ4n) is 9.32. The summed E-state index contributed by atoms with van der Waals surface area (Å²) in [6, 6.07) is 16.3. The number of non-ortho nitro benzene ring substituents is 2. The van der Waals surface area contributed by atoms with Gasteiger partial charge in [-0.25, -0.2) is 4.79 Å². The number of ether oxygens (including phenoxy) is 5. The third-order valence-corrected chi connectivity index (χ3v) is 12.1. The molecule has 0 saturated heterocycles. The number of nitro groups is 2. The second kappa shape index (κ2) is 23.3. The molecule has 1 amide bonds. The Labute approximate surface area is 377 Å². The number of hydrogen-bond acceptors (Lipinski definition) is 15. The zero-order valence-electron chi connectivity index (χ0n) is 36.5. The molecule has 0 aromatic heterocycles. The van der Waals surface area contributed by atoms with Crippen molar-refractivity contribution in [2.45, 2.75) is 76.2 Å². The third-order valence-electron chi connectivity index (χ3n) is 12.1. The molecule has 0 radical (unpaired) electrons. The number of carbonyl (C=O) groups is 1. The summed E-state index contributed by atoms with van der Waals surface area (Å²) in [6.45, 7) is 5.63. The number of amides is 1. The smallest absolute Gasteiger partial charge is 0.410 e. The van der Waals surface area contributed by atoms with Crippen LogP contribution in [0.2, 0.25) is 0 Å². The first-order valence-electron chi connectivity index (χ1n) is 22.1. The highest BCUT2D eigenvalue weighted by Gasteiger charge is 2.65. The van der Waals surface area contributed by atoms with Gasteiger partial charge in [0.05, 0.1) is 60.6 Å². The molecule has 1 heterocycles. The number of benzene rings is 3. The summed E-state index contributed by atoms with van der Waals surface area (Å²) in [5.41, 5.74) is 2.48. The molecule has 3 aromatic rings. The van der Waals surface area contributed by atoms with Gasteiger partial charge in [-0.05, 0) is 92.0 Å². The van der Waals surface area contributed by atoms with Gasteiger partial charge >= 0.3 is 6.09 Å². The minimum Gasteiger partial charge on any atom is -0.459 e. The van der Waals surface area contributed by atoms with E-state index in [2.05, 4.69) is 12.7 Å².